The molecule has 6 nitrogen and oxygen atoms in total. The molecule has 1 amide bonds. The molecule has 0 fully saturated rings. The molecule has 152 valence electrons. The van der Waals surface area contributed by atoms with Crippen LogP contribution in [0.4, 0.5) is 8.78 Å². The first kappa shape index (κ1) is 21.1. The Morgan fingerprint density at radius 3 is 2.66 bits per heavy atom. The minimum absolute atomic E-state index is 0.0509. The Kier molecular flexibility index (Phi) is 6.39. The summed E-state index contributed by atoms with van der Waals surface area (Å²) in [4.78, 5) is 23.0. The van der Waals surface area contributed by atoms with Crippen LogP contribution < -0.4 is 5.73 Å². The predicted molar refractivity (Wildman–Crippen MR) is 109 cm³/mol. The first-order chi connectivity index (χ1) is 13.9. The summed E-state index contributed by atoms with van der Waals surface area (Å²) in [5.41, 5.74) is 6.40. The van der Waals surface area contributed by atoms with E-state index in [1.165, 1.54) is 11.9 Å². The fourth-order valence-corrected chi connectivity index (χ4v) is 4.56. The number of nitroso groups, excluding NO2 is 1. The number of hydrogen-bond donors (Lipinski definition) is 1. The van der Waals surface area contributed by atoms with Crippen molar-refractivity contribution in [3.63, 3.8) is 0 Å². The van der Waals surface area contributed by atoms with Crippen molar-refractivity contribution in [1.29, 1.82) is 0 Å². The summed E-state index contributed by atoms with van der Waals surface area (Å²) in [5.74, 6) is -1.90. The van der Waals surface area contributed by atoms with Gasteiger partial charge in [-0.1, -0.05) is 47.3 Å². The molecule has 2 aromatic carbocycles. The highest BCUT2D eigenvalue weighted by Crippen LogP contribution is 2.50. The van der Waals surface area contributed by atoms with Crippen LogP contribution in [0.5, 0.6) is 0 Å². The summed E-state index contributed by atoms with van der Waals surface area (Å²) in [6.07, 6.45) is 0.947. The zero-order valence-electron chi connectivity index (χ0n) is 15.7. The van der Waals surface area contributed by atoms with Gasteiger partial charge in [0.2, 0.25) is 0 Å². The number of rotatable bonds is 7. The monoisotopic (exact) mass is 418 g/mol. The van der Waals surface area contributed by atoms with Gasteiger partial charge >= 0.3 is 0 Å². The Hall–Kier alpha value is -2.65. The van der Waals surface area contributed by atoms with Crippen LogP contribution in [-0.2, 0) is 9.67 Å². The van der Waals surface area contributed by atoms with Crippen LogP contribution in [0.25, 0.3) is 0 Å². The van der Waals surface area contributed by atoms with Gasteiger partial charge < -0.3 is 5.73 Å². The Labute approximate surface area is 171 Å². The maximum atomic E-state index is 14.4. The molecule has 0 bridgehead atoms. The van der Waals surface area contributed by atoms with Crippen LogP contribution in [0.2, 0.25) is 0 Å². The standard InChI is InChI=1S/C20H20F2N4O2S/c1-13(25-28)19(27)26-20(10-5-11-23,14-6-3-2-4-7-14)29-18(24-26)16-12-15(21)8-9-17(16)22/h2-4,6-9,12-13H,5,10-11,23H2,1H3. The summed E-state index contributed by atoms with van der Waals surface area (Å²) in [5, 5.41) is 8.48. The van der Waals surface area contributed by atoms with Crippen molar-refractivity contribution in [2.75, 3.05) is 6.54 Å². The van der Waals surface area contributed by atoms with Crippen LogP contribution in [0.3, 0.4) is 0 Å². The average Bonchev–Trinajstić information content (AvgIpc) is 3.14. The highest BCUT2D eigenvalue weighted by atomic mass is 32.2. The van der Waals surface area contributed by atoms with Crippen LogP contribution in [0.15, 0.2) is 58.8 Å². The van der Waals surface area contributed by atoms with Crippen molar-refractivity contribution >= 4 is 22.7 Å². The fourth-order valence-electron chi connectivity index (χ4n) is 3.14. The van der Waals surface area contributed by atoms with Crippen molar-refractivity contribution in [2.45, 2.75) is 30.7 Å². The van der Waals surface area contributed by atoms with Gasteiger partial charge in [-0.15, -0.1) is 4.91 Å². The minimum atomic E-state index is -1.18. The molecule has 1 aliphatic rings. The molecule has 2 atom stereocenters. The Morgan fingerprint density at radius 1 is 1.28 bits per heavy atom. The Morgan fingerprint density at radius 2 is 2.00 bits per heavy atom. The number of carbonyl (C=O) groups excluding carboxylic acids is 1. The van der Waals surface area contributed by atoms with Crippen molar-refractivity contribution in [1.82, 2.24) is 5.01 Å². The van der Waals surface area contributed by atoms with Gasteiger partial charge in [0.15, 0.2) is 6.04 Å². The fraction of sp³-hybridized carbons (Fsp3) is 0.300. The van der Waals surface area contributed by atoms with E-state index in [1.54, 1.807) is 0 Å². The van der Waals surface area contributed by atoms with E-state index in [0.717, 1.165) is 35.5 Å². The van der Waals surface area contributed by atoms with Gasteiger partial charge in [-0.2, -0.15) is 5.10 Å². The molecule has 0 saturated carbocycles. The van der Waals surface area contributed by atoms with Gasteiger partial charge in [0, 0.05) is 5.56 Å². The molecule has 0 aliphatic carbocycles. The van der Waals surface area contributed by atoms with Crippen LogP contribution in [0.1, 0.15) is 30.9 Å². The number of hydrazone groups is 1. The van der Waals surface area contributed by atoms with Crippen molar-refractivity contribution in [2.24, 2.45) is 16.0 Å². The SMILES string of the molecule is CC(N=O)C(=O)N1N=C(c2cc(F)ccc2F)SC1(CCCN)c1ccccc1. The number of halogens is 2. The molecular formula is C20H20F2N4O2S. The molecule has 0 spiro atoms. The average molecular weight is 418 g/mol. The Balaban J connectivity index is 2.16. The third-order valence-corrected chi connectivity index (χ3v) is 6.07. The largest absolute Gasteiger partial charge is 0.330 e. The highest BCUT2D eigenvalue weighted by Gasteiger charge is 2.49. The smallest absolute Gasteiger partial charge is 0.272 e. The van der Waals surface area contributed by atoms with Gasteiger partial charge in [0.1, 0.15) is 21.5 Å². The zero-order chi connectivity index (χ0) is 21.0. The van der Waals surface area contributed by atoms with E-state index in [1.807, 2.05) is 30.3 Å². The van der Waals surface area contributed by atoms with Crippen LogP contribution in [0, 0.1) is 16.5 Å². The van der Waals surface area contributed by atoms with Gasteiger partial charge in [-0.05, 0) is 50.1 Å². The van der Waals surface area contributed by atoms with Crippen molar-refractivity contribution < 1.29 is 13.6 Å². The summed E-state index contributed by atoms with van der Waals surface area (Å²) in [6.45, 7) is 1.73. The summed E-state index contributed by atoms with van der Waals surface area (Å²) < 4.78 is 28.2. The van der Waals surface area contributed by atoms with Crippen LogP contribution in [-0.4, -0.2) is 28.5 Å². The normalized spacial score (nSPS) is 19.7. The van der Waals surface area contributed by atoms with Crippen molar-refractivity contribution in [3.05, 3.63) is 76.2 Å². The summed E-state index contributed by atoms with van der Waals surface area (Å²) >= 11 is 1.14. The lowest BCUT2D eigenvalue weighted by molar-refractivity contribution is -0.135. The molecule has 9 heteroatoms. The predicted octanol–water partition coefficient (Wildman–Crippen LogP) is 3.95. The minimum Gasteiger partial charge on any atom is -0.330 e. The molecule has 0 saturated heterocycles. The molecule has 1 aliphatic heterocycles. The van der Waals surface area contributed by atoms with E-state index in [0.29, 0.717) is 19.4 Å². The molecule has 29 heavy (non-hydrogen) atoms. The first-order valence-electron chi connectivity index (χ1n) is 9.08. The van der Waals surface area contributed by atoms with E-state index >= 15 is 0 Å². The number of amides is 1. The molecule has 3 rings (SSSR count). The highest BCUT2D eigenvalue weighted by molar-refractivity contribution is 8.15. The molecule has 0 aromatic heterocycles. The maximum absolute atomic E-state index is 14.4. The maximum Gasteiger partial charge on any atom is 0.272 e. The molecular weight excluding hydrogens is 398 g/mol. The number of carbonyl (C=O) groups is 1. The van der Waals surface area contributed by atoms with Gasteiger partial charge in [-0.3, -0.25) is 4.79 Å². The van der Waals surface area contributed by atoms with E-state index in [9.17, 15) is 18.5 Å². The van der Waals surface area contributed by atoms with Gasteiger partial charge in [0.05, 0.1) is 0 Å². The van der Waals surface area contributed by atoms with Crippen LogP contribution >= 0.6 is 11.8 Å². The third-order valence-electron chi connectivity index (χ3n) is 4.63. The molecule has 1 heterocycles. The van der Waals surface area contributed by atoms with Gasteiger partial charge in [0.25, 0.3) is 5.91 Å². The van der Waals surface area contributed by atoms with E-state index in [4.69, 9.17) is 5.73 Å². The second-order valence-corrected chi connectivity index (χ2v) is 7.87. The molecule has 2 unspecified atom stereocenters. The third kappa shape index (κ3) is 4.06. The number of hydrogen-bond acceptors (Lipinski definition) is 6. The van der Waals surface area contributed by atoms with E-state index < -0.39 is 28.5 Å². The summed E-state index contributed by atoms with van der Waals surface area (Å²) in [7, 11) is 0. The number of benzene rings is 2. The number of thioether (sulfide) groups is 1. The Bertz CT molecular complexity index is 941. The topological polar surface area (TPSA) is 88.1 Å². The number of nitrogens with zero attached hydrogens (tertiary/aromatic N) is 3. The number of nitrogens with two attached hydrogens (primary N) is 1. The lowest BCUT2D eigenvalue weighted by Crippen LogP contribution is -2.45. The lowest BCUT2D eigenvalue weighted by atomic mass is 9.99. The lowest BCUT2D eigenvalue weighted by Gasteiger charge is -2.36. The second kappa shape index (κ2) is 8.79. The molecule has 2 aromatic rings. The molecule has 0 radical (unpaired) electrons. The summed E-state index contributed by atoms with van der Waals surface area (Å²) in [6, 6.07) is 11.0. The van der Waals surface area contributed by atoms with E-state index in [2.05, 4.69) is 10.3 Å². The first-order valence-corrected chi connectivity index (χ1v) is 9.89. The molecule has 2 N–H and O–H groups in total. The zero-order valence-corrected chi connectivity index (χ0v) is 16.5. The quantitative estimate of drug-likeness (QED) is 0.690. The van der Waals surface area contributed by atoms with Gasteiger partial charge in [-0.25, -0.2) is 13.8 Å². The van der Waals surface area contributed by atoms with Crippen molar-refractivity contribution in [3.8, 4) is 0 Å². The second-order valence-electron chi connectivity index (χ2n) is 6.61. The van der Waals surface area contributed by atoms with E-state index in [-0.39, 0.29) is 10.6 Å².